The second-order valence-electron chi connectivity index (χ2n) is 1.27. The molecule has 1 rings (SSSR count). The Balaban J connectivity index is 1.80. The van der Waals surface area contributed by atoms with Gasteiger partial charge >= 0.3 is 0 Å². The Labute approximate surface area is 42.1 Å². The molecule has 0 aromatic heterocycles. The molecule has 0 saturated carbocycles. The van der Waals surface area contributed by atoms with E-state index in [4.69, 9.17) is 0 Å². The van der Waals surface area contributed by atoms with Gasteiger partial charge in [0.05, 0.1) is 6.61 Å². The normalized spacial score (nSPS) is 27.9. The largest absolute Gasteiger partial charge is 0.342 e. The topological polar surface area (TPSA) is 31.0 Å². The smallest absolute Gasteiger partial charge is 0.215 e. The first kappa shape index (κ1) is 5.03. The SMILES string of the molecule is CCOOC1CO1. The standard InChI is InChI=1S/C4H8O3/c1-2-6-7-4-3-5-4/h4H,2-3H2,1H3. The molecule has 0 aromatic carbocycles. The van der Waals surface area contributed by atoms with Crippen molar-refractivity contribution in [1.82, 2.24) is 0 Å². The highest BCUT2D eigenvalue weighted by Crippen LogP contribution is 2.09. The van der Waals surface area contributed by atoms with Gasteiger partial charge in [0.15, 0.2) is 0 Å². The van der Waals surface area contributed by atoms with Crippen LogP contribution in [0.5, 0.6) is 0 Å². The van der Waals surface area contributed by atoms with Crippen molar-refractivity contribution in [2.75, 3.05) is 13.2 Å². The molecule has 0 aliphatic carbocycles. The van der Waals surface area contributed by atoms with E-state index in [9.17, 15) is 0 Å². The second kappa shape index (κ2) is 2.26. The molecule has 1 atom stereocenters. The summed E-state index contributed by atoms with van der Waals surface area (Å²) < 4.78 is 4.66. The van der Waals surface area contributed by atoms with Crippen LogP contribution in [0.2, 0.25) is 0 Å². The summed E-state index contributed by atoms with van der Waals surface area (Å²) in [5, 5.41) is 0. The van der Waals surface area contributed by atoms with Crippen LogP contribution in [-0.2, 0) is 14.5 Å². The highest BCUT2D eigenvalue weighted by Gasteiger charge is 2.24. The second-order valence-corrected chi connectivity index (χ2v) is 1.27. The van der Waals surface area contributed by atoms with Gasteiger partial charge in [-0.25, -0.2) is 9.78 Å². The Hall–Kier alpha value is -0.120. The summed E-state index contributed by atoms with van der Waals surface area (Å²) in [6.45, 7) is 3.13. The molecule has 1 aliphatic heterocycles. The molecule has 1 fully saturated rings. The number of hydrogen-bond acceptors (Lipinski definition) is 3. The molecule has 3 heteroatoms. The van der Waals surface area contributed by atoms with Crippen LogP contribution in [0.25, 0.3) is 0 Å². The van der Waals surface area contributed by atoms with Crippen LogP contribution >= 0.6 is 0 Å². The maximum absolute atomic E-state index is 4.66. The van der Waals surface area contributed by atoms with Crippen LogP contribution in [0.1, 0.15) is 6.92 Å². The van der Waals surface area contributed by atoms with Gasteiger partial charge in [0.25, 0.3) is 0 Å². The fraction of sp³-hybridized carbons (Fsp3) is 1.00. The lowest BCUT2D eigenvalue weighted by molar-refractivity contribution is -0.316. The highest BCUT2D eigenvalue weighted by molar-refractivity contribution is 4.50. The molecule has 0 N–H and O–H groups in total. The van der Waals surface area contributed by atoms with Crippen molar-refractivity contribution in [3.63, 3.8) is 0 Å². The zero-order valence-corrected chi connectivity index (χ0v) is 4.22. The molecule has 0 aromatic rings. The lowest BCUT2D eigenvalue weighted by Gasteiger charge is -1.92. The van der Waals surface area contributed by atoms with Gasteiger partial charge in [-0.05, 0) is 6.92 Å². The maximum atomic E-state index is 4.66. The Kier molecular flexibility index (Phi) is 1.62. The average Bonchev–Trinajstić information content (AvgIpc) is 2.42. The minimum Gasteiger partial charge on any atom is -0.342 e. The van der Waals surface area contributed by atoms with Crippen molar-refractivity contribution in [3.05, 3.63) is 0 Å². The van der Waals surface area contributed by atoms with Crippen LogP contribution in [0.15, 0.2) is 0 Å². The number of ether oxygens (including phenoxy) is 1. The van der Waals surface area contributed by atoms with E-state index in [2.05, 4.69) is 14.5 Å². The summed E-state index contributed by atoms with van der Waals surface area (Å²) in [4.78, 5) is 9.11. The molecule has 42 valence electrons. The zero-order chi connectivity index (χ0) is 5.11. The van der Waals surface area contributed by atoms with Crippen LogP contribution in [-0.4, -0.2) is 19.5 Å². The molecule has 1 unspecified atom stereocenters. The van der Waals surface area contributed by atoms with Gasteiger partial charge in [-0.3, -0.25) is 0 Å². The minimum atomic E-state index is -0.0695. The van der Waals surface area contributed by atoms with Gasteiger partial charge in [-0.2, -0.15) is 0 Å². The van der Waals surface area contributed by atoms with E-state index in [-0.39, 0.29) is 6.29 Å². The monoisotopic (exact) mass is 104 g/mol. The Bertz CT molecular complexity index is 50.9. The molecule has 3 nitrogen and oxygen atoms in total. The fourth-order valence-corrected chi connectivity index (χ4v) is 0.239. The van der Waals surface area contributed by atoms with E-state index in [1.807, 2.05) is 6.92 Å². The van der Waals surface area contributed by atoms with E-state index in [0.29, 0.717) is 13.2 Å². The van der Waals surface area contributed by atoms with Gasteiger partial charge in [-0.15, -0.1) is 0 Å². The van der Waals surface area contributed by atoms with E-state index in [1.165, 1.54) is 0 Å². The Morgan fingerprint density at radius 1 is 1.86 bits per heavy atom. The van der Waals surface area contributed by atoms with Crippen molar-refractivity contribution in [2.24, 2.45) is 0 Å². The summed E-state index contributed by atoms with van der Waals surface area (Å²) >= 11 is 0. The summed E-state index contributed by atoms with van der Waals surface area (Å²) in [5.41, 5.74) is 0. The molecule has 0 bridgehead atoms. The number of rotatable bonds is 3. The van der Waals surface area contributed by atoms with Gasteiger partial charge in [0, 0.05) is 0 Å². The molecule has 1 heterocycles. The van der Waals surface area contributed by atoms with Crippen LogP contribution in [0.3, 0.4) is 0 Å². The molecule has 1 aliphatic rings. The van der Waals surface area contributed by atoms with E-state index in [1.54, 1.807) is 0 Å². The first-order valence-corrected chi connectivity index (χ1v) is 2.33. The van der Waals surface area contributed by atoms with Gasteiger partial charge in [0.2, 0.25) is 6.29 Å². The Morgan fingerprint density at radius 2 is 2.57 bits per heavy atom. The minimum absolute atomic E-state index is 0.0695. The molecule has 7 heavy (non-hydrogen) atoms. The predicted octanol–water partition coefficient (Wildman–Crippen LogP) is 0.311. The summed E-state index contributed by atoms with van der Waals surface area (Å²) in [7, 11) is 0. The summed E-state index contributed by atoms with van der Waals surface area (Å²) in [5.74, 6) is 0. The van der Waals surface area contributed by atoms with Gasteiger partial charge in [-0.1, -0.05) is 0 Å². The van der Waals surface area contributed by atoms with E-state index < -0.39 is 0 Å². The predicted molar refractivity (Wildman–Crippen MR) is 22.5 cm³/mol. The molecule has 1 saturated heterocycles. The number of hydrogen-bond donors (Lipinski definition) is 0. The van der Waals surface area contributed by atoms with Crippen molar-refractivity contribution in [3.8, 4) is 0 Å². The molecule has 0 spiro atoms. The van der Waals surface area contributed by atoms with Crippen LogP contribution in [0, 0.1) is 0 Å². The third-order valence-electron chi connectivity index (χ3n) is 0.596. The van der Waals surface area contributed by atoms with Crippen LogP contribution in [0.4, 0.5) is 0 Å². The average molecular weight is 104 g/mol. The summed E-state index contributed by atoms with van der Waals surface area (Å²) in [6, 6.07) is 0. The van der Waals surface area contributed by atoms with Crippen molar-refractivity contribution in [2.45, 2.75) is 13.2 Å². The molecular weight excluding hydrogens is 96.0 g/mol. The van der Waals surface area contributed by atoms with Crippen LogP contribution < -0.4 is 0 Å². The maximum Gasteiger partial charge on any atom is 0.215 e. The number of epoxide rings is 1. The molecule has 0 amide bonds. The van der Waals surface area contributed by atoms with Gasteiger partial charge < -0.3 is 4.74 Å². The quantitative estimate of drug-likeness (QED) is 0.293. The van der Waals surface area contributed by atoms with E-state index in [0.717, 1.165) is 0 Å². The molecule has 0 radical (unpaired) electrons. The van der Waals surface area contributed by atoms with Gasteiger partial charge in [0.1, 0.15) is 6.61 Å². The lowest BCUT2D eigenvalue weighted by atomic mass is 10.9. The van der Waals surface area contributed by atoms with Crippen molar-refractivity contribution < 1.29 is 14.5 Å². The lowest BCUT2D eigenvalue weighted by Crippen LogP contribution is -1.95. The van der Waals surface area contributed by atoms with Crippen molar-refractivity contribution >= 4 is 0 Å². The third-order valence-corrected chi connectivity index (χ3v) is 0.596. The Morgan fingerprint density at radius 3 is 3.00 bits per heavy atom. The zero-order valence-electron chi connectivity index (χ0n) is 4.22. The fourth-order valence-electron chi connectivity index (χ4n) is 0.239. The van der Waals surface area contributed by atoms with E-state index >= 15 is 0 Å². The third kappa shape index (κ3) is 1.87. The summed E-state index contributed by atoms with van der Waals surface area (Å²) in [6.07, 6.45) is -0.0695. The first-order chi connectivity index (χ1) is 3.43. The first-order valence-electron chi connectivity index (χ1n) is 2.33. The van der Waals surface area contributed by atoms with Crippen molar-refractivity contribution in [1.29, 1.82) is 0 Å². The molecular formula is C4H8O3. The highest BCUT2D eigenvalue weighted by atomic mass is 17.2.